The van der Waals surface area contributed by atoms with Gasteiger partial charge in [0.15, 0.2) is 5.57 Å². The van der Waals surface area contributed by atoms with Gasteiger partial charge >= 0.3 is 0 Å². The molecule has 94 valence electrons. The molecular weight excluding hydrogens is 308 g/mol. The molecule has 5 nitrogen and oxygen atoms in total. The van der Waals surface area contributed by atoms with Gasteiger partial charge in [0.05, 0.1) is 12.3 Å². The maximum Gasteiger partial charge on any atom is 0.163 e. The van der Waals surface area contributed by atoms with Gasteiger partial charge in [0.1, 0.15) is 29.7 Å². The molecule has 0 spiro atoms. The molecule has 0 bridgehead atoms. The SMILES string of the molecule is CCOc1ccc(Br)cc1NC(C#N)=C(C#N)C#N. The highest BCUT2D eigenvalue weighted by Gasteiger charge is 2.10. The number of hydrogen-bond donors (Lipinski definition) is 1. The Balaban J connectivity index is 3.22. The maximum atomic E-state index is 8.98. The smallest absolute Gasteiger partial charge is 0.163 e. The van der Waals surface area contributed by atoms with Gasteiger partial charge in [0.2, 0.25) is 0 Å². The normalized spacial score (nSPS) is 8.58. The van der Waals surface area contributed by atoms with Crippen molar-refractivity contribution in [3.63, 3.8) is 0 Å². The molecule has 0 saturated heterocycles. The van der Waals surface area contributed by atoms with E-state index in [1.54, 1.807) is 36.4 Å². The number of ether oxygens (including phenoxy) is 1. The molecule has 1 aromatic rings. The number of nitrogens with zero attached hydrogens (tertiary/aromatic N) is 3. The summed E-state index contributed by atoms with van der Waals surface area (Å²) in [5, 5.41) is 29.3. The summed E-state index contributed by atoms with van der Waals surface area (Å²) < 4.78 is 6.19. The molecule has 1 N–H and O–H groups in total. The van der Waals surface area contributed by atoms with Crippen LogP contribution < -0.4 is 10.1 Å². The minimum Gasteiger partial charge on any atom is -0.492 e. The van der Waals surface area contributed by atoms with Crippen LogP contribution >= 0.6 is 15.9 Å². The Morgan fingerprint density at radius 3 is 2.47 bits per heavy atom. The maximum absolute atomic E-state index is 8.98. The summed E-state index contributed by atoms with van der Waals surface area (Å²) in [7, 11) is 0. The average Bonchev–Trinajstić information content (AvgIpc) is 2.42. The highest BCUT2D eigenvalue weighted by atomic mass is 79.9. The predicted molar refractivity (Wildman–Crippen MR) is 72.8 cm³/mol. The fraction of sp³-hybridized carbons (Fsp3) is 0.154. The highest BCUT2D eigenvalue weighted by molar-refractivity contribution is 9.10. The second kappa shape index (κ2) is 7.06. The fourth-order valence-corrected chi connectivity index (χ4v) is 1.66. The van der Waals surface area contributed by atoms with E-state index in [1.807, 2.05) is 6.92 Å². The molecule has 1 rings (SSSR count). The average molecular weight is 317 g/mol. The third-order valence-corrected chi connectivity index (χ3v) is 2.58. The Bertz CT molecular complexity index is 616. The largest absolute Gasteiger partial charge is 0.492 e. The number of rotatable bonds is 4. The molecule has 0 radical (unpaired) electrons. The Hall–Kier alpha value is -2.49. The van der Waals surface area contributed by atoms with Crippen LogP contribution in [0.15, 0.2) is 33.9 Å². The van der Waals surface area contributed by atoms with E-state index in [0.717, 1.165) is 4.47 Å². The molecule has 0 aliphatic carbocycles. The van der Waals surface area contributed by atoms with Crippen LogP contribution in [0.2, 0.25) is 0 Å². The quantitative estimate of drug-likeness (QED) is 0.861. The Kier molecular flexibility index (Phi) is 5.41. The third-order valence-electron chi connectivity index (χ3n) is 2.09. The summed E-state index contributed by atoms with van der Waals surface area (Å²) >= 11 is 3.31. The van der Waals surface area contributed by atoms with Gasteiger partial charge in [0, 0.05) is 4.47 Å². The molecule has 0 saturated carbocycles. The number of benzene rings is 1. The lowest BCUT2D eigenvalue weighted by molar-refractivity contribution is 0.342. The van der Waals surface area contributed by atoms with E-state index in [0.29, 0.717) is 18.0 Å². The predicted octanol–water partition coefficient (Wildman–Crippen LogP) is 3.08. The highest BCUT2D eigenvalue weighted by Crippen LogP contribution is 2.29. The standard InChI is InChI=1S/C13H9BrN4O/c1-2-19-13-4-3-10(14)5-11(13)18-12(8-17)9(6-15)7-16/h3-5,18H,2H2,1H3. The molecule has 0 aliphatic rings. The monoisotopic (exact) mass is 316 g/mol. The van der Waals surface area contributed by atoms with E-state index in [4.69, 9.17) is 20.5 Å². The van der Waals surface area contributed by atoms with Crippen LogP contribution in [0.25, 0.3) is 0 Å². The van der Waals surface area contributed by atoms with Gasteiger partial charge in [0.25, 0.3) is 0 Å². The third kappa shape index (κ3) is 3.74. The summed E-state index contributed by atoms with van der Waals surface area (Å²) in [5.74, 6) is 0.536. The van der Waals surface area contributed by atoms with Gasteiger partial charge < -0.3 is 10.1 Å². The minimum atomic E-state index is -0.273. The van der Waals surface area contributed by atoms with Crippen molar-refractivity contribution < 1.29 is 4.74 Å². The molecule has 0 aliphatic heterocycles. The zero-order chi connectivity index (χ0) is 14.3. The van der Waals surface area contributed by atoms with E-state index >= 15 is 0 Å². The van der Waals surface area contributed by atoms with Crippen molar-refractivity contribution in [2.24, 2.45) is 0 Å². The zero-order valence-corrected chi connectivity index (χ0v) is 11.7. The van der Waals surface area contributed by atoms with Crippen LogP contribution in [-0.4, -0.2) is 6.61 Å². The summed E-state index contributed by atoms with van der Waals surface area (Å²) in [6, 6.07) is 10.4. The lowest BCUT2D eigenvalue weighted by Gasteiger charge is -2.12. The Labute approximate surface area is 119 Å². The first-order chi connectivity index (χ1) is 9.15. The van der Waals surface area contributed by atoms with Gasteiger partial charge in [-0.3, -0.25) is 0 Å². The molecule has 0 heterocycles. The topological polar surface area (TPSA) is 92.6 Å². The van der Waals surface area contributed by atoms with Crippen molar-refractivity contribution in [1.29, 1.82) is 15.8 Å². The molecule has 19 heavy (non-hydrogen) atoms. The second-order valence-corrected chi connectivity index (χ2v) is 4.20. The lowest BCUT2D eigenvalue weighted by atomic mass is 10.2. The van der Waals surface area contributed by atoms with Crippen molar-refractivity contribution >= 4 is 21.6 Å². The molecule has 0 amide bonds. The molecule has 0 unspecified atom stereocenters. The second-order valence-electron chi connectivity index (χ2n) is 3.28. The molecule has 0 atom stereocenters. The van der Waals surface area contributed by atoms with E-state index in [1.165, 1.54) is 0 Å². The number of nitriles is 3. The molecule has 1 aromatic carbocycles. The van der Waals surface area contributed by atoms with Gasteiger partial charge in [-0.1, -0.05) is 15.9 Å². The number of anilines is 1. The van der Waals surface area contributed by atoms with Crippen LogP contribution in [0.1, 0.15) is 6.92 Å². The first-order valence-corrected chi connectivity index (χ1v) is 6.09. The molecule has 0 fully saturated rings. The van der Waals surface area contributed by atoms with Gasteiger partial charge in [-0.25, -0.2) is 0 Å². The van der Waals surface area contributed by atoms with Crippen molar-refractivity contribution in [3.8, 4) is 24.0 Å². The van der Waals surface area contributed by atoms with Gasteiger partial charge in [-0.2, -0.15) is 15.8 Å². The molecular formula is C13H9BrN4O. The molecule has 6 heteroatoms. The van der Waals surface area contributed by atoms with E-state index in [9.17, 15) is 0 Å². The number of allylic oxidation sites excluding steroid dienone is 2. The van der Waals surface area contributed by atoms with Gasteiger partial charge in [-0.15, -0.1) is 0 Å². The summed E-state index contributed by atoms with van der Waals surface area (Å²) in [6.07, 6.45) is 0. The van der Waals surface area contributed by atoms with Crippen LogP contribution in [-0.2, 0) is 0 Å². The van der Waals surface area contributed by atoms with Crippen LogP contribution in [0, 0.1) is 34.0 Å². The molecule has 0 aromatic heterocycles. The minimum absolute atomic E-state index is 0.107. The first-order valence-electron chi connectivity index (χ1n) is 5.30. The fourth-order valence-electron chi connectivity index (χ4n) is 1.30. The lowest BCUT2D eigenvalue weighted by Crippen LogP contribution is -2.03. The van der Waals surface area contributed by atoms with Gasteiger partial charge in [-0.05, 0) is 25.1 Å². The number of nitrogens with one attached hydrogen (secondary N) is 1. The van der Waals surface area contributed by atoms with E-state index in [-0.39, 0.29) is 11.3 Å². The van der Waals surface area contributed by atoms with Crippen LogP contribution in [0.4, 0.5) is 5.69 Å². The summed E-state index contributed by atoms with van der Waals surface area (Å²) in [4.78, 5) is 0. The number of hydrogen-bond acceptors (Lipinski definition) is 5. The Morgan fingerprint density at radius 1 is 1.26 bits per heavy atom. The van der Waals surface area contributed by atoms with E-state index in [2.05, 4.69) is 21.2 Å². The van der Waals surface area contributed by atoms with Crippen molar-refractivity contribution in [2.45, 2.75) is 6.92 Å². The summed E-state index contributed by atoms with van der Waals surface area (Å²) in [6.45, 7) is 2.30. The first kappa shape index (κ1) is 14.6. The summed E-state index contributed by atoms with van der Waals surface area (Å²) in [5.41, 5.74) is 0.129. The zero-order valence-electron chi connectivity index (χ0n) is 10.1. The van der Waals surface area contributed by atoms with Crippen LogP contribution in [0.5, 0.6) is 5.75 Å². The van der Waals surface area contributed by atoms with Crippen molar-refractivity contribution in [2.75, 3.05) is 11.9 Å². The van der Waals surface area contributed by atoms with E-state index < -0.39 is 0 Å². The number of halogens is 1. The van der Waals surface area contributed by atoms with Crippen molar-refractivity contribution in [3.05, 3.63) is 33.9 Å². The van der Waals surface area contributed by atoms with Crippen LogP contribution in [0.3, 0.4) is 0 Å². The van der Waals surface area contributed by atoms with Crippen molar-refractivity contribution in [1.82, 2.24) is 0 Å². The Morgan fingerprint density at radius 2 is 1.95 bits per heavy atom.